The predicted octanol–water partition coefficient (Wildman–Crippen LogP) is 3.91. The lowest BCUT2D eigenvalue weighted by atomic mass is 9.66. The average Bonchev–Trinajstić information content (AvgIpc) is 2.82. The van der Waals surface area contributed by atoms with E-state index in [0.29, 0.717) is 30.0 Å². The van der Waals surface area contributed by atoms with Crippen LogP contribution in [0.5, 0.6) is 5.75 Å². The van der Waals surface area contributed by atoms with Gasteiger partial charge >= 0.3 is 11.9 Å². The molecule has 0 amide bonds. The number of para-hydroxylation sites is 1. The van der Waals surface area contributed by atoms with E-state index in [0.717, 1.165) is 5.57 Å². The van der Waals surface area contributed by atoms with Crippen LogP contribution in [0.3, 0.4) is 0 Å². The van der Waals surface area contributed by atoms with Crippen molar-refractivity contribution in [1.29, 1.82) is 0 Å². The Kier molecular flexibility index (Phi) is 10.6. The van der Waals surface area contributed by atoms with Gasteiger partial charge in [0, 0.05) is 12.3 Å². The highest BCUT2D eigenvalue weighted by Crippen LogP contribution is 2.44. The molecule has 1 aromatic rings. The predicted molar refractivity (Wildman–Crippen MR) is 138 cm³/mol. The van der Waals surface area contributed by atoms with Crippen molar-refractivity contribution >= 4 is 23.5 Å². The van der Waals surface area contributed by atoms with Crippen molar-refractivity contribution in [2.24, 2.45) is 17.8 Å². The quantitative estimate of drug-likeness (QED) is 0.295. The summed E-state index contributed by atoms with van der Waals surface area (Å²) in [5.74, 6) is -1.30. The summed E-state index contributed by atoms with van der Waals surface area (Å²) in [4.78, 5) is 24.0. The number of carbonyl (C=O) groups excluding carboxylic acids is 1. The molecule has 3 rings (SSSR count). The number of fused-ring (bicyclic) bond motifs is 1. The number of allylic oxidation sites excluding steroid dienone is 2. The first-order valence-electron chi connectivity index (χ1n) is 12.9. The van der Waals surface area contributed by atoms with Crippen molar-refractivity contribution < 1.29 is 39.5 Å². The van der Waals surface area contributed by atoms with Gasteiger partial charge in [0.15, 0.2) is 6.10 Å². The van der Waals surface area contributed by atoms with E-state index in [2.05, 4.69) is 6.92 Å². The molecule has 0 heterocycles. The molecule has 0 saturated carbocycles. The fourth-order valence-corrected chi connectivity index (χ4v) is 5.49. The van der Waals surface area contributed by atoms with E-state index >= 15 is 0 Å². The fourth-order valence-electron chi connectivity index (χ4n) is 5.31. The van der Waals surface area contributed by atoms with Crippen LogP contribution >= 0.6 is 11.6 Å². The molecule has 0 aliphatic heterocycles. The van der Waals surface area contributed by atoms with Crippen LogP contribution in [-0.2, 0) is 14.3 Å². The highest BCUT2D eigenvalue weighted by atomic mass is 35.5. The molecular formula is C28H37ClO8. The summed E-state index contributed by atoms with van der Waals surface area (Å²) in [7, 11) is 0. The molecule has 204 valence electrons. The van der Waals surface area contributed by atoms with Crippen LogP contribution in [0.15, 0.2) is 48.1 Å². The molecule has 8 atom stereocenters. The smallest absolute Gasteiger partial charge is 0.347 e. The molecule has 1 aromatic carbocycles. The molecule has 4 N–H and O–H groups in total. The summed E-state index contributed by atoms with van der Waals surface area (Å²) >= 11 is 6.19. The van der Waals surface area contributed by atoms with Crippen LogP contribution in [-0.4, -0.2) is 62.9 Å². The molecule has 2 aliphatic rings. The summed E-state index contributed by atoms with van der Waals surface area (Å²) in [5, 5.41) is 40.0. The molecule has 37 heavy (non-hydrogen) atoms. The van der Waals surface area contributed by atoms with Crippen LogP contribution in [0.4, 0.5) is 0 Å². The maximum absolute atomic E-state index is 13.2. The van der Waals surface area contributed by atoms with Crippen LogP contribution in [0.2, 0.25) is 5.02 Å². The van der Waals surface area contributed by atoms with Crippen LogP contribution in [0, 0.1) is 17.8 Å². The van der Waals surface area contributed by atoms with E-state index in [1.165, 1.54) is 0 Å². The molecular weight excluding hydrogens is 500 g/mol. The third-order valence-corrected chi connectivity index (χ3v) is 7.48. The monoisotopic (exact) mass is 536 g/mol. The van der Waals surface area contributed by atoms with Gasteiger partial charge < -0.3 is 29.9 Å². The number of aliphatic hydroxyl groups excluding tert-OH is 3. The number of carboxylic acid groups (broad SMARTS) is 1. The molecule has 0 saturated heterocycles. The standard InChI is InChI=1S/C28H37ClO8/c1-3-23(36-24-7-5-4-6-22(24)29)28(35)37-25-14-19(31)12-17-9-8-16(2)21(27(17)25)11-10-18(30)13-20(32)15-26(33)34/h4-9,12,16,18-21,23,25,27,30-32H,3,10-11,13-15H2,1-2H3,(H,33,34)/t16-,18+,19+,20+,21-,23?,25-,27-/m0/s1. The van der Waals surface area contributed by atoms with Crippen molar-refractivity contribution in [3.8, 4) is 5.75 Å². The number of hydrogen-bond donors (Lipinski definition) is 4. The summed E-state index contributed by atoms with van der Waals surface area (Å²) < 4.78 is 11.8. The van der Waals surface area contributed by atoms with E-state index in [4.69, 9.17) is 26.2 Å². The van der Waals surface area contributed by atoms with E-state index in [1.807, 2.05) is 19.1 Å². The van der Waals surface area contributed by atoms with Gasteiger partial charge in [-0.05, 0) is 55.2 Å². The van der Waals surface area contributed by atoms with Crippen molar-refractivity contribution in [3.63, 3.8) is 0 Å². The summed E-state index contributed by atoms with van der Waals surface area (Å²) in [6.45, 7) is 3.88. The van der Waals surface area contributed by atoms with Gasteiger partial charge in [0.05, 0.1) is 29.8 Å². The number of halogens is 1. The van der Waals surface area contributed by atoms with E-state index < -0.39 is 48.9 Å². The molecule has 0 bridgehead atoms. The fraction of sp³-hybridized carbons (Fsp3) is 0.571. The molecule has 2 aliphatic carbocycles. The van der Waals surface area contributed by atoms with Crippen LogP contribution in [0.1, 0.15) is 52.4 Å². The normalized spacial score (nSPS) is 27.4. The zero-order valence-corrected chi connectivity index (χ0v) is 22.0. The highest BCUT2D eigenvalue weighted by Gasteiger charge is 2.42. The molecule has 0 aromatic heterocycles. The van der Waals surface area contributed by atoms with Crippen molar-refractivity contribution in [2.45, 2.75) is 82.9 Å². The number of esters is 1. The highest BCUT2D eigenvalue weighted by molar-refractivity contribution is 6.32. The molecule has 0 spiro atoms. The number of carboxylic acids is 1. The Labute approximate surface area is 222 Å². The lowest BCUT2D eigenvalue weighted by molar-refractivity contribution is -0.163. The van der Waals surface area contributed by atoms with Crippen LogP contribution in [0.25, 0.3) is 0 Å². The Morgan fingerprint density at radius 1 is 1.19 bits per heavy atom. The number of rotatable bonds is 12. The SMILES string of the molecule is CCC(Oc1ccccc1Cl)C(=O)O[C@H]1C[C@H](O)C=C2C=C[C@H](C)[C@H](CC[C@@H](O)C[C@@H](O)CC(=O)O)[C@H]21. The van der Waals surface area contributed by atoms with Gasteiger partial charge in [-0.3, -0.25) is 4.79 Å². The number of benzene rings is 1. The second-order valence-electron chi connectivity index (χ2n) is 10.0. The average molecular weight is 537 g/mol. The largest absolute Gasteiger partial charge is 0.481 e. The van der Waals surface area contributed by atoms with Gasteiger partial charge in [-0.1, -0.05) is 55.8 Å². The van der Waals surface area contributed by atoms with Crippen molar-refractivity contribution in [2.75, 3.05) is 0 Å². The Hall–Kier alpha value is -2.39. The number of aliphatic hydroxyl groups is 3. The van der Waals surface area contributed by atoms with E-state index in [1.54, 1.807) is 30.3 Å². The molecule has 1 unspecified atom stereocenters. The number of ether oxygens (including phenoxy) is 2. The van der Waals surface area contributed by atoms with Gasteiger partial charge in [0.25, 0.3) is 0 Å². The van der Waals surface area contributed by atoms with E-state index in [-0.39, 0.29) is 30.6 Å². The Balaban J connectivity index is 1.71. The first-order chi connectivity index (χ1) is 17.6. The summed E-state index contributed by atoms with van der Waals surface area (Å²) in [6, 6.07) is 6.90. The molecule has 0 radical (unpaired) electrons. The van der Waals surface area contributed by atoms with Gasteiger partial charge in [-0.2, -0.15) is 0 Å². The first kappa shape index (κ1) is 29.2. The van der Waals surface area contributed by atoms with Gasteiger partial charge in [-0.15, -0.1) is 0 Å². The molecule has 9 heteroatoms. The third kappa shape index (κ3) is 8.04. The number of hydrogen-bond acceptors (Lipinski definition) is 7. The van der Waals surface area contributed by atoms with Gasteiger partial charge in [0.1, 0.15) is 11.9 Å². The van der Waals surface area contributed by atoms with Crippen molar-refractivity contribution in [3.05, 3.63) is 53.1 Å². The maximum Gasteiger partial charge on any atom is 0.347 e. The topological polar surface area (TPSA) is 134 Å². The Morgan fingerprint density at radius 3 is 2.59 bits per heavy atom. The van der Waals surface area contributed by atoms with E-state index in [9.17, 15) is 24.9 Å². The number of carbonyl (C=O) groups is 2. The third-order valence-electron chi connectivity index (χ3n) is 7.17. The Morgan fingerprint density at radius 2 is 1.92 bits per heavy atom. The lowest BCUT2D eigenvalue weighted by Gasteiger charge is -2.43. The van der Waals surface area contributed by atoms with Gasteiger partial charge in [-0.25, -0.2) is 4.79 Å². The molecule has 0 fully saturated rings. The number of aliphatic carboxylic acids is 1. The minimum absolute atomic E-state index is 0.0115. The minimum atomic E-state index is -1.12. The second kappa shape index (κ2) is 13.4. The zero-order valence-electron chi connectivity index (χ0n) is 21.2. The van der Waals surface area contributed by atoms with Crippen molar-refractivity contribution in [1.82, 2.24) is 0 Å². The lowest BCUT2D eigenvalue weighted by Crippen LogP contribution is -2.44. The van der Waals surface area contributed by atoms with Crippen LogP contribution < -0.4 is 4.74 Å². The molecule has 8 nitrogen and oxygen atoms in total. The summed E-state index contributed by atoms with van der Waals surface area (Å²) in [6.07, 6.45) is 2.73. The summed E-state index contributed by atoms with van der Waals surface area (Å²) in [5.41, 5.74) is 0.889. The van der Waals surface area contributed by atoms with Gasteiger partial charge in [0.2, 0.25) is 0 Å². The minimum Gasteiger partial charge on any atom is -0.481 e. The first-order valence-corrected chi connectivity index (χ1v) is 13.2. The second-order valence-corrected chi connectivity index (χ2v) is 10.4. The zero-order chi connectivity index (χ0) is 27.1. The Bertz CT molecular complexity index is 992. The maximum atomic E-state index is 13.2.